The largest absolute Gasteiger partial charge is 0.310 e. The zero-order valence-electron chi connectivity index (χ0n) is 9.79. The van der Waals surface area contributed by atoms with E-state index in [-0.39, 0.29) is 0 Å². The van der Waals surface area contributed by atoms with Crippen molar-refractivity contribution in [2.75, 3.05) is 6.54 Å². The van der Waals surface area contributed by atoms with Gasteiger partial charge in [-0.1, -0.05) is 44.5 Å². The summed E-state index contributed by atoms with van der Waals surface area (Å²) in [5.41, 5.74) is 2.90. The Morgan fingerprint density at radius 2 is 1.87 bits per heavy atom. The van der Waals surface area contributed by atoms with Gasteiger partial charge in [-0.05, 0) is 36.4 Å². The third-order valence-electron chi connectivity index (χ3n) is 3.32. The van der Waals surface area contributed by atoms with Crippen molar-refractivity contribution in [1.29, 1.82) is 0 Å². The summed E-state index contributed by atoms with van der Waals surface area (Å²) in [7, 11) is 0. The first-order chi connectivity index (χ1) is 7.27. The molecule has 1 heterocycles. The maximum absolute atomic E-state index is 3.58. The van der Waals surface area contributed by atoms with E-state index in [1.54, 1.807) is 0 Å². The first kappa shape index (κ1) is 10.7. The first-order valence-electron chi connectivity index (χ1n) is 6.10. The molecule has 1 heteroatoms. The van der Waals surface area contributed by atoms with Crippen LogP contribution in [0.3, 0.4) is 0 Å². The molecule has 0 spiro atoms. The van der Waals surface area contributed by atoms with Gasteiger partial charge in [0.25, 0.3) is 0 Å². The van der Waals surface area contributed by atoms with E-state index in [0.29, 0.717) is 12.0 Å². The summed E-state index contributed by atoms with van der Waals surface area (Å²) in [4.78, 5) is 0. The molecular weight excluding hydrogens is 182 g/mol. The minimum Gasteiger partial charge on any atom is -0.310 e. The molecule has 1 aliphatic heterocycles. The molecule has 2 rings (SSSR count). The molecule has 0 aliphatic carbocycles. The van der Waals surface area contributed by atoms with Crippen LogP contribution in [0.15, 0.2) is 24.3 Å². The Kier molecular flexibility index (Phi) is 3.42. The highest BCUT2D eigenvalue weighted by atomic mass is 14.9. The van der Waals surface area contributed by atoms with Gasteiger partial charge in [0.05, 0.1) is 0 Å². The van der Waals surface area contributed by atoms with Gasteiger partial charge < -0.3 is 5.32 Å². The third-order valence-corrected chi connectivity index (χ3v) is 3.32. The quantitative estimate of drug-likeness (QED) is 0.774. The van der Waals surface area contributed by atoms with E-state index in [0.717, 1.165) is 0 Å². The Hall–Kier alpha value is -0.820. The standard InChI is InChI=1S/C14H21N/c1-11(2)12-6-8-13(9-7-12)14-5-3-4-10-15-14/h6-9,11,14-15H,3-5,10H2,1-2H3/t14-/m0/s1. The van der Waals surface area contributed by atoms with E-state index in [2.05, 4.69) is 43.4 Å². The molecule has 1 saturated heterocycles. The van der Waals surface area contributed by atoms with E-state index in [1.165, 1.54) is 36.9 Å². The lowest BCUT2D eigenvalue weighted by Gasteiger charge is -2.24. The Bertz CT molecular complexity index is 294. The number of rotatable bonds is 2. The monoisotopic (exact) mass is 203 g/mol. The molecule has 1 aromatic rings. The molecule has 0 bridgehead atoms. The molecule has 0 saturated carbocycles. The van der Waals surface area contributed by atoms with Gasteiger partial charge in [0.1, 0.15) is 0 Å². The van der Waals surface area contributed by atoms with E-state index < -0.39 is 0 Å². The SMILES string of the molecule is CC(C)c1ccc([C@@H]2CCCCN2)cc1. The van der Waals surface area contributed by atoms with Crippen molar-refractivity contribution in [3.8, 4) is 0 Å². The van der Waals surface area contributed by atoms with Crippen molar-refractivity contribution in [3.05, 3.63) is 35.4 Å². The van der Waals surface area contributed by atoms with E-state index in [1.807, 2.05) is 0 Å². The van der Waals surface area contributed by atoms with Crippen LogP contribution in [0.25, 0.3) is 0 Å². The summed E-state index contributed by atoms with van der Waals surface area (Å²) in [6.07, 6.45) is 3.99. The highest BCUT2D eigenvalue weighted by Crippen LogP contribution is 2.24. The van der Waals surface area contributed by atoms with Crippen molar-refractivity contribution in [2.24, 2.45) is 0 Å². The van der Waals surface area contributed by atoms with Gasteiger partial charge in [-0.3, -0.25) is 0 Å². The summed E-state index contributed by atoms with van der Waals surface area (Å²) in [6.45, 7) is 5.67. The van der Waals surface area contributed by atoms with Crippen molar-refractivity contribution in [2.45, 2.75) is 45.1 Å². The summed E-state index contributed by atoms with van der Waals surface area (Å²) < 4.78 is 0. The van der Waals surface area contributed by atoms with Crippen LogP contribution in [-0.4, -0.2) is 6.54 Å². The topological polar surface area (TPSA) is 12.0 Å². The number of piperidine rings is 1. The van der Waals surface area contributed by atoms with Crippen LogP contribution in [0.5, 0.6) is 0 Å². The molecule has 1 fully saturated rings. The second-order valence-electron chi connectivity index (χ2n) is 4.82. The predicted molar refractivity (Wildman–Crippen MR) is 65.1 cm³/mol. The molecule has 0 unspecified atom stereocenters. The number of hydrogen-bond donors (Lipinski definition) is 1. The Morgan fingerprint density at radius 3 is 2.40 bits per heavy atom. The van der Waals surface area contributed by atoms with Crippen molar-refractivity contribution >= 4 is 0 Å². The lowest BCUT2D eigenvalue weighted by Crippen LogP contribution is -2.26. The van der Waals surface area contributed by atoms with Gasteiger partial charge in [0, 0.05) is 6.04 Å². The van der Waals surface area contributed by atoms with Gasteiger partial charge in [0.15, 0.2) is 0 Å². The lowest BCUT2D eigenvalue weighted by atomic mass is 9.95. The predicted octanol–water partition coefficient (Wildman–Crippen LogP) is 3.62. The van der Waals surface area contributed by atoms with Crippen LogP contribution in [-0.2, 0) is 0 Å². The highest BCUT2D eigenvalue weighted by molar-refractivity contribution is 5.27. The summed E-state index contributed by atoms with van der Waals surface area (Å²) in [5.74, 6) is 0.637. The van der Waals surface area contributed by atoms with Crippen molar-refractivity contribution in [1.82, 2.24) is 5.32 Å². The minimum absolute atomic E-state index is 0.597. The molecule has 15 heavy (non-hydrogen) atoms. The maximum atomic E-state index is 3.58. The molecule has 0 aromatic heterocycles. The average Bonchev–Trinajstić information content (AvgIpc) is 2.30. The first-order valence-corrected chi connectivity index (χ1v) is 6.10. The minimum atomic E-state index is 0.597. The van der Waals surface area contributed by atoms with Gasteiger partial charge in [-0.15, -0.1) is 0 Å². The van der Waals surface area contributed by atoms with E-state index >= 15 is 0 Å². The fraction of sp³-hybridized carbons (Fsp3) is 0.571. The van der Waals surface area contributed by atoms with Crippen LogP contribution in [0.2, 0.25) is 0 Å². The van der Waals surface area contributed by atoms with Gasteiger partial charge in [-0.2, -0.15) is 0 Å². The molecule has 0 amide bonds. The summed E-state index contributed by atoms with van der Waals surface area (Å²) in [6, 6.07) is 9.73. The van der Waals surface area contributed by atoms with Crippen LogP contribution in [0, 0.1) is 0 Å². The van der Waals surface area contributed by atoms with E-state index in [9.17, 15) is 0 Å². The second kappa shape index (κ2) is 4.80. The fourth-order valence-electron chi connectivity index (χ4n) is 2.25. The van der Waals surface area contributed by atoms with Crippen LogP contribution < -0.4 is 5.32 Å². The Labute approximate surface area is 92.9 Å². The molecule has 1 aromatic carbocycles. The molecule has 1 nitrogen and oxygen atoms in total. The molecule has 1 aliphatic rings. The van der Waals surface area contributed by atoms with Crippen molar-refractivity contribution in [3.63, 3.8) is 0 Å². The van der Waals surface area contributed by atoms with Crippen molar-refractivity contribution < 1.29 is 0 Å². The number of benzene rings is 1. The molecular formula is C14H21N. The second-order valence-corrected chi connectivity index (χ2v) is 4.82. The Morgan fingerprint density at radius 1 is 1.13 bits per heavy atom. The Balaban J connectivity index is 2.08. The van der Waals surface area contributed by atoms with Crippen LogP contribution in [0.1, 0.15) is 56.2 Å². The molecule has 1 atom stereocenters. The van der Waals surface area contributed by atoms with Gasteiger partial charge in [-0.25, -0.2) is 0 Å². The summed E-state index contributed by atoms with van der Waals surface area (Å²) >= 11 is 0. The zero-order chi connectivity index (χ0) is 10.7. The lowest BCUT2D eigenvalue weighted by molar-refractivity contribution is 0.412. The van der Waals surface area contributed by atoms with Crippen LogP contribution >= 0.6 is 0 Å². The normalized spacial score (nSPS) is 21.9. The van der Waals surface area contributed by atoms with Gasteiger partial charge >= 0.3 is 0 Å². The molecule has 82 valence electrons. The van der Waals surface area contributed by atoms with Gasteiger partial charge in [0.2, 0.25) is 0 Å². The molecule has 0 radical (unpaired) electrons. The van der Waals surface area contributed by atoms with E-state index in [4.69, 9.17) is 0 Å². The maximum Gasteiger partial charge on any atom is 0.0320 e. The number of hydrogen-bond acceptors (Lipinski definition) is 1. The zero-order valence-corrected chi connectivity index (χ0v) is 9.79. The average molecular weight is 203 g/mol. The third kappa shape index (κ3) is 2.60. The van der Waals surface area contributed by atoms with Crippen LogP contribution in [0.4, 0.5) is 0 Å². The highest BCUT2D eigenvalue weighted by Gasteiger charge is 2.14. The smallest absolute Gasteiger partial charge is 0.0320 e. The molecule has 1 N–H and O–H groups in total. The summed E-state index contributed by atoms with van der Waals surface area (Å²) in [5, 5.41) is 3.58. The number of nitrogens with one attached hydrogen (secondary N) is 1. The fourth-order valence-corrected chi connectivity index (χ4v) is 2.25.